The van der Waals surface area contributed by atoms with Gasteiger partial charge < -0.3 is 4.74 Å². The molecular weight excluding hydrogens is 164 g/mol. The van der Waals surface area contributed by atoms with Crippen LogP contribution >= 0.6 is 11.6 Å². The van der Waals surface area contributed by atoms with Crippen molar-refractivity contribution in [3.8, 4) is 0 Å². The Morgan fingerprint density at radius 3 is 3.09 bits per heavy atom. The third kappa shape index (κ3) is 1.34. The van der Waals surface area contributed by atoms with Crippen LogP contribution in [0.15, 0.2) is 12.2 Å². The molecule has 0 unspecified atom stereocenters. The number of hydrogen-bond acceptors (Lipinski definition) is 3. The number of hydrogen-bond donors (Lipinski definition) is 0. The molecule has 1 aromatic heterocycles. The maximum Gasteiger partial charge on any atom is 0.137 e. The van der Waals surface area contributed by atoms with Crippen LogP contribution in [0.1, 0.15) is 14.5 Å². The minimum atomic E-state index is -0.123. The Morgan fingerprint density at radius 2 is 2.55 bits per heavy atom. The Hall–Kier alpha value is -0.670. The van der Waals surface area contributed by atoms with Crippen molar-refractivity contribution in [1.82, 2.24) is 9.97 Å². The van der Waals surface area contributed by atoms with Gasteiger partial charge in [0.25, 0.3) is 0 Å². The lowest BCUT2D eigenvalue weighted by molar-refractivity contribution is 0.00485. The summed E-state index contributed by atoms with van der Waals surface area (Å²) in [7, 11) is 0. The van der Waals surface area contributed by atoms with Gasteiger partial charge in [-0.05, 0) is 6.04 Å². The standard InChI is InChI=1S/C7H7ClN2O/c8-6-1-2-9-7(10-6)5-3-11-4-5/h1-2,5H,3-4H2/i1D,2D. The number of aromatic nitrogens is 2. The highest BCUT2D eigenvalue weighted by Gasteiger charge is 2.23. The second kappa shape index (κ2) is 2.75. The molecule has 0 atom stereocenters. The van der Waals surface area contributed by atoms with Gasteiger partial charge in [-0.2, -0.15) is 0 Å². The van der Waals surface area contributed by atoms with Crippen molar-refractivity contribution in [3.63, 3.8) is 0 Å². The van der Waals surface area contributed by atoms with Crippen LogP contribution in [0.5, 0.6) is 0 Å². The van der Waals surface area contributed by atoms with Crippen LogP contribution in [0, 0.1) is 0 Å². The summed E-state index contributed by atoms with van der Waals surface area (Å²) in [4.78, 5) is 7.78. The molecule has 0 aromatic carbocycles. The van der Waals surface area contributed by atoms with Gasteiger partial charge in [-0.3, -0.25) is 0 Å². The van der Waals surface area contributed by atoms with Gasteiger partial charge in [0, 0.05) is 6.17 Å². The van der Waals surface area contributed by atoms with E-state index in [2.05, 4.69) is 9.97 Å². The van der Waals surface area contributed by atoms with Crippen molar-refractivity contribution in [1.29, 1.82) is 0 Å². The molecule has 2 rings (SSSR count). The van der Waals surface area contributed by atoms with Crippen LogP contribution in [0.4, 0.5) is 0 Å². The molecule has 2 heterocycles. The second-order valence-electron chi connectivity index (χ2n) is 2.34. The number of rotatable bonds is 1. The van der Waals surface area contributed by atoms with Crippen molar-refractivity contribution in [2.24, 2.45) is 0 Å². The van der Waals surface area contributed by atoms with Crippen molar-refractivity contribution in [2.75, 3.05) is 13.2 Å². The van der Waals surface area contributed by atoms with Gasteiger partial charge >= 0.3 is 0 Å². The SMILES string of the molecule is [2H]c1nc(C2COC2)nc(Cl)c1[2H]. The van der Waals surface area contributed by atoms with E-state index in [1.165, 1.54) is 0 Å². The minimum absolute atomic E-state index is 0.0434. The van der Waals surface area contributed by atoms with E-state index in [1.54, 1.807) is 0 Å². The first-order valence-electron chi connectivity index (χ1n) is 4.27. The monoisotopic (exact) mass is 172 g/mol. The molecule has 0 N–H and O–H groups in total. The highest BCUT2D eigenvalue weighted by molar-refractivity contribution is 6.29. The molecule has 1 aliphatic rings. The number of nitrogens with zero attached hydrogens (tertiary/aromatic N) is 2. The topological polar surface area (TPSA) is 35.0 Å². The first-order chi connectivity index (χ1) is 6.18. The molecule has 0 spiro atoms. The van der Waals surface area contributed by atoms with Gasteiger partial charge in [-0.25, -0.2) is 9.97 Å². The maximum atomic E-state index is 7.33. The molecule has 11 heavy (non-hydrogen) atoms. The van der Waals surface area contributed by atoms with Crippen LogP contribution in [0.2, 0.25) is 5.15 Å². The predicted octanol–water partition coefficient (Wildman–Crippen LogP) is 1.24. The molecular formula is C7H7ClN2O. The van der Waals surface area contributed by atoms with E-state index in [4.69, 9.17) is 19.1 Å². The summed E-state index contributed by atoms with van der Waals surface area (Å²) in [5.74, 6) is 0.652. The fourth-order valence-electron chi connectivity index (χ4n) is 0.852. The summed E-state index contributed by atoms with van der Waals surface area (Å²) in [6, 6.07) is -0.120. The fourth-order valence-corrected chi connectivity index (χ4v) is 0.981. The summed E-state index contributed by atoms with van der Waals surface area (Å²) in [6.07, 6.45) is -0.123. The molecule has 0 amide bonds. The van der Waals surface area contributed by atoms with Gasteiger partial charge in [0.1, 0.15) is 11.0 Å². The summed E-state index contributed by atoms with van der Waals surface area (Å²) in [6.45, 7) is 1.15. The summed E-state index contributed by atoms with van der Waals surface area (Å²) in [5, 5.41) is 0.0434. The molecule has 1 aromatic rings. The van der Waals surface area contributed by atoms with Crippen LogP contribution in [0.25, 0.3) is 0 Å². The van der Waals surface area contributed by atoms with Crippen LogP contribution in [0.3, 0.4) is 0 Å². The minimum Gasteiger partial charge on any atom is -0.380 e. The van der Waals surface area contributed by atoms with E-state index in [0.717, 1.165) is 0 Å². The van der Waals surface area contributed by atoms with E-state index >= 15 is 0 Å². The Labute approximate surface area is 72.2 Å². The Morgan fingerprint density at radius 1 is 1.73 bits per heavy atom. The van der Waals surface area contributed by atoms with E-state index in [9.17, 15) is 0 Å². The molecule has 0 aliphatic carbocycles. The summed E-state index contributed by atoms with van der Waals surface area (Å²) < 4.78 is 19.6. The second-order valence-corrected chi connectivity index (χ2v) is 2.70. The highest BCUT2D eigenvalue weighted by Crippen LogP contribution is 2.20. The average Bonchev–Trinajstić information content (AvgIpc) is 1.96. The zero-order chi connectivity index (χ0) is 9.42. The van der Waals surface area contributed by atoms with Crippen LogP contribution in [-0.4, -0.2) is 23.2 Å². The average molecular weight is 173 g/mol. The third-order valence-corrected chi connectivity index (χ3v) is 1.72. The Kier molecular flexibility index (Phi) is 1.27. The van der Waals surface area contributed by atoms with Crippen molar-refractivity contribution >= 4 is 11.6 Å². The van der Waals surface area contributed by atoms with E-state index in [0.29, 0.717) is 19.0 Å². The predicted molar refractivity (Wildman–Crippen MR) is 40.6 cm³/mol. The lowest BCUT2D eigenvalue weighted by atomic mass is 10.1. The van der Waals surface area contributed by atoms with Gasteiger partial charge in [0.15, 0.2) is 0 Å². The lowest BCUT2D eigenvalue weighted by Crippen LogP contribution is -2.26. The van der Waals surface area contributed by atoms with E-state index in [1.807, 2.05) is 0 Å². The molecule has 0 bridgehead atoms. The highest BCUT2D eigenvalue weighted by atomic mass is 35.5. The van der Waals surface area contributed by atoms with Crippen molar-refractivity contribution < 1.29 is 7.48 Å². The molecule has 58 valence electrons. The zero-order valence-electron chi connectivity index (χ0n) is 7.67. The van der Waals surface area contributed by atoms with Gasteiger partial charge in [-0.1, -0.05) is 11.6 Å². The van der Waals surface area contributed by atoms with E-state index in [-0.39, 0.29) is 23.3 Å². The molecule has 0 saturated carbocycles. The van der Waals surface area contributed by atoms with Crippen LogP contribution in [-0.2, 0) is 4.74 Å². The molecule has 3 nitrogen and oxygen atoms in total. The molecule has 1 saturated heterocycles. The Balaban J connectivity index is 2.37. The normalized spacial score (nSPS) is 20.5. The van der Waals surface area contributed by atoms with Crippen LogP contribution < -0.4 is 0 Å². The third-order valence-electron chi connectivity index (χ3n) is 1.55. The smallest absolute Gasteiger partial charge is 0.137 e. The Bertz CT molecular complexity index is 320. The first kappa shape index (κ1) is 5.06. The van der Waals surface area contributed by atoms with Gasteiger partial charge in [0.05, 0.1) is 21.9 Å². The molecule has 1 aliphatic heterocycles. The quantitative estimate of drug-likeness (QED) is 0.598. The molecule has 4 heteroatoms. The number of ether oxygens (including phenoxy) is 1. The fraction of sp³-hybridized carbons (Fsp3) is 0.429. The first-order valence-corrected chi connectivity index (χ1v) is 3.64. The van der Waals surface area contributed by atoms with Gasteiger partial charge in [0.2, 0.25) is 0 Å². The summed E-state index contributed by atoms with van der Waals surface area (Å²) >= 11 is 5.64. The molecule has 0 radical (unpaired) electrons. The number of halogens is 1. The lowest BCUT2D eigenvalue weighted by Gasteiger charge is -2.24. The zero-order valence-corrected chi connectivity index (χ0v) is 6.43. The summed E-state index contributed by atoms with van der Waals surface area (Å²) in [5.41, 5.74) is 0. The van der Waals surface area contributed by atoms with Gasteiger partial charge in [-0.15, -0.1) is 0 Å². The molecule has 1 fully saturated rings. The maximum absolute atomic E-state index is 7.33. The van der Waals surface area contributed by atoms with Crippen molar-refractivity contribution in [2.45, 2.75) is 5.92 Å². The van der Waals surface area contributed by atoms with E-state index < -0.39 is 0 Å². The largest absolute Gasteiger partial charge is 0.380 e. The van der Waals surface area contributed by atoms with Crippen molar-refractivity contribution in [3.05, 3.63) is 23.2 Å².